The number of anilines is 1. The van der Waals surface area contributed by atoms with Gasteiger partial charge in [0.2, 0.25) is 5.13 Å². The van der Waals surface area contributed by atoms with Gasteiger partial charge < -0.3 is 20.4 Å². The van der Waals surface area contributed by atoms with Crippen molar-refractivity contribution in [1.82, 2.24) is 4.98 Å². The van der Waals surface area contributed by atoms with Crippen LogP contribution in [0.15, 0.2) is 39.2 Å². The Morgan fingerprint density at radius 1 is 1.29 bits per heavy atom. The van der Waals surface area contributed by atoms with E-state index in [1.807, 2.05) is 29.6 Å². The number of aliphatic hydroxyl groups is 4. The third kappa shape index (κ3) is 4.82. The van der Waals surface area contributed by atoms with Gasteiger partial charge >= 0.3 is 0 Å². The Kier molecular flexibility index (Phi) is 6.84. The monoisotopic (exact) mass is 415 g/mol. The fourth-order valence-corrected chi connectivity index (χ4v) is 2.83. The molecule has 0 aliphatic heterocycles. The largest absolute Gasteiger partial charge is 0.394 e. The molecule has 2 rings (SSSR count). The quantitative estimate of drug-likeness (QED) is 0.397. The lowest BCUT2D eigenvalue weighted by Gasteiger charge is -2.18. The molecule has 24 heavy (non-hydrogen) atoms. The Morgan fingerprint density at radius 2 is 1.96 bits per heavy atom. The van der Waals surface area contributed by atoms with Gasteiger partial charge in [-0.15, -0.1) is 11.3 Å². The van der Waals surface area contributed by atoms with Crippen LogP contribution in [0.2, 0.25) is 0 Å². The van der Waals surface area contributed by atoms with E-state index in [9.17, 15) is 15.3 Å². The lowest BCUT2D eigenvalue weighted by Crippen LogP contribution is -2.40. The smallest absolute Gasteiger partial charge is 0.206 e. The third-order valence-corrected chi connectivity index (χ3v) is 4.67. The molecule has 0 radical (unpaired) electrons. The maximum absolute atomic E-state index is 9.71. The Balaban J connectivity index is 2.04. The summed E-state index contributed by atoms with van der Waals surface area (Å²) in [5, 5.41) is 45.2. The zero-order valence-electron chi connectivity index (χ0n) is 12.8. The van der Waals surface area contributed by atoms with E-state index in [0.29, 0.717) is 5.13 Å². The molecule has 0 saturated carbocycles. The molecule has 0 saturated heterocycles. The zero-order chi connectivity index (χ0) is 17.7. The Labute approximate surface area is 151 Å². The molecule has 1 aromatic heterocycles. The van der Waals surface area contributed by atoms with Gasteiger partial charge in [-0.25, -0.2) is 9.99 Å². The highest BCUT2D eigenvalue weighted by atomic mass is 79.9. The number of hydrogen-bond acceptors (Lipinski definition) is 8. The van der Waals surface area contributed by atoms with E-state index < -0.39 is 24.9 Å². The van der Waals surface area contributed by atoms with Crippen molar-refractivity contribution in [3.63, 3.8) is 0 Å². The topological polar surface area (TPSA) is 109 Å². The van der Waals surface area contributed by atoms with Gasteiger partial charge in [-0.3, -0.25) is 0 Å². The highest BCUT2D eigenvalue weighted by Gasteiger charge is 2.22. The average Bonchev–Trinajstić information content (AvgIpc) is 3.08. The number of thiazole rings is 1. The van der Waals surface area contributed by atoms with E-state index in [4.69, 9.17) is 5.11 Å². The number of hydrogen-bond donors (Lipinski definition) is 4. The molecule has 2 aromatic rings. The van der Waals surface area contributed by atoms with Crippen molar-refractivity contribution < 1.29 is 20.4 Å². The number of halogens is 1. The van der Waals surface area contributed by atoms with Crippen LogP contribution in [0.4, 0.5) is 5.13 Å². The highest BCUT2D eigenvalue weighted by molar-refractivity contribution is 9.10. The van der Waals surface area contributed by atoms with E-state index in [0.717, 1.165) is 21.9 Å². The molecule has 9 heteroatoms. The van der Waals surface area contributed by atoms with Gasteiger partial charge in [-0.1, -0.05) is 28.1 Å². The van der Waals surface area contributed by atoms with Crippen LogP contribution in [0.5, 0.6) is 0 Å². The molecule has 0 bridgehead atoms. The third-order valence-electron chi connectivity index (χ3n) is 3.23. The molecule has 1 aromatic carbocycles. The minimum atomic E-state index is -1.51. The van der Waals surface area contributed by atoms with Crippen molar-refractivity contribution in [2.24, 2.45) is 5.10 Å². The predicted octanol–water partition coefficient (Wildman–Crippen LogP) is 1.07. The molecule has 3 atom stereocenters. The molecule has 0 amide bonds. The highest BCUT2D eigenvalue weighted by Crippen LogP contribution is 2.27. The molecule has 0 spiro atoms. The number of benzene rings is 1. The van der Waals surface area contributed by atoms with E-state index in [-0.39, 0.29) is 0 Å². The first kappa shape index (κ1) is 19.0. The van der Waals surface area contributed by atoms with Crippen molar-refractivity contribution in [3.05, 3.63) is 34.1 Å². The predicted molar refractivity (Wildman–Crippen MR) is 97.3 cm³/mol. The van der Waals surface area contributed by atoms with Crippen LogP contribution < -0.4 is 5.01 Å². The summed E-state index contributed by atoms with van der Waals surface area (Å²) in [6.07, 6.45) is -3.26. The molecule has 7 nitrogen and oxygen atoms in total. The molecule has 0 unspecified atom stereocenters. The van der Waals surface area contributed by atoms with Gasteiger partial charge in [-0.05, 0) is 12.1 Å². The average molecular weight is 416 g/mol. The molecule has 130 valence electrons. The molecular formula is C15H18BrN3O4S. The van der Waals surface area contributed by atoms with Crippen LogP contribution in [0, 0.1) is 0 Å². The molecule has 4 N–H and O–H groups in total. The van der Waals surface area contributed by atoms with E-state index in [1.54, 1.807) is 7.05 Å². The zero-order valence-corrected chi connectivity index (χ0v) is 15.2. The normalized spacial score (nSPS) is 15.4. The van der Waals surface area contributed by atoms with Crippen molar-refractivity contribution in [2.75, 3.05) is 18.7 Å². The lowest BCUT2D eigenvalue weighted by atomic mass is 10.1. The van der Waals surface area contributed by atoms with Crippen LogP contribution in [0.1, 0.15) is 0 Å². The summed E-state index contributed by atoms with van der Waals surface area (Å²) in [7, 11) is 1.66. The van der Waals surface area contributed by atoms with Crippen molar-refractivity contribution >= 4 is 38.6 Å². The van der Waals surface area contributed by atoms with Gasteiger partial charge in [-0.2, -0.15) is 5.10 Å². The summed E-state index contributed by atoms with van der Waals surface area (Å²) in [4.78, 5) is 4.47. The summed E-state index contributed by atoms with van der Waals surface area (Å²) in [6.45, 7) is -0.648. The van der Waals surface area contributed by atoms with Crippen LogP contribution in [0.3, 0.4) is 0 Å². The van der Waals surface area contributed by atoms with Crippen molar-refractivity contribution in [1.29, 1.82) is 0 Å². The summed E-state index contributed by atoms with van der Waals surface area (Å²) < 4.78 is 0.987. The molecular weight excluding hydrogens is 398 g/mol. The first-order valence-corrected chi connectivity index (χ1v) is 8.74. The summed E-state index contributed by atoms with van der Waals surface area (Å²) in [5.74, 6) is 0. The first-order chi connectivity index (χ1) is 11.4. The number of aliphatic hydroxyl groups excluding tert-OH is 4. The Morgan fingerprint density at radius 3 is 2.58 bits per heavy atom. The van der Waals surface area contributed by atoms with Crippen LogP contribution in [-0.2, 0) is 0 Å². The molecule has 0 aliphatic carbocycles. The summed E-state index contributed by atoms with van der Waals surface area (Å²) in [6, 6.07) is 7.76. The van der Waals surface area contributed by atoms with E-state index in [2.05, 4.69) is 26.0 Å². The maximum atomic E-state index is 9.71. The number of hydrazone groups is 1. The second-order valence-corrected chi connectivity index (χ2v) is 6.79. The van der Waals surface area contributed by atoms with Gasteiger partial charge in [0, 0.05) is 22.5 Å². The SMILES string of the molecule is CN(/N=C/[C@H](O)[C@@H](O)[C@@H](O)CO)c1nc(-c2ccc(Br)cc2)cs1. The fraction of sp³-hybridized carbons (Fsp3) is 0.333. The molecule has 1 heterocycles. The Bertz CT molecular complexity index is 680. The van der Waals surface area contributed by atoms with Crippen LogP contribution >= 0.6 is 27.3 Å². The summed E-state index contributed by atoms with van der Waals surface area (Å²) in [5.41, 5.74) is 1.78. The Hall–Kier alpha value is -1.36. The van der Waals surface area contributed by atoms with Crippen molar-refractivity contribution in [2.45, 2.75) is 18.3 Å². The first-order valence-electron chi connectivity index (χ1n) is 7.06. The van der Waals surface area contributed by atoms with Gasteiger partial charge in [0.15, 0.2) is 0 Å². The van der Waals surface area contributed by atoms with Crippen LogP contribution in [0.25, 0.3) is 11.3 Å². The minimum absolute atomic E-state index is 0.605. The number of rotatable bonds is 7. The minimum Gasteiger partial charge on any atom is -0.394 e. The maximum Gasteiger partial charge on any atom is 0.206 e. The lowest BCUT2D eigenvalue weighted by molar-refractivity contribution is -0.0541. The standard InChI is InChI=1S/C15H18BrN3O4S/c1-19(17-6-12(21)14(23)13(22)7-20)15-18-11(8-24-15)9-2-4-10(16)5-3-9/h2-6,8,12-14,20-23H,7H2,1H3/b17-6+/t12-,13-,14+/m0/s1. The number of nitrogens with zero attached hydrogens (tertiary/aromatic N) is 3. The van der Waals surface area contributed by atoms with Gasteiger partial charge in [0.25, 0.3) is 0 Å². The number of aromatic nitrogens is 1. The van der Waals surface area contributed by atoms with Gasteiger partial charge in [0.05, 0.1) is 18.5 Å². The van der Waals surface area contributed by atoms with E-state index in [1.165, 1.54) is 16.3 Å². The van der Waals surface area contributed by atoms with E-state index >= 15 is 0 Å². The van der Waals surface area contributed by atoms with Crippen molar-refractivity contribution in [3.8, 4) is 11.3 Å². The second-order valence-electron chi connectivity index (χ2n) is 5.04. The molecule has 0 fully saturated rings. The van der Waals surface area contributed by atoms with Gasteiger partial charge in [0.1, 0.15) is 18.3 Å². The second kappa shape index (κ2) is 8.65. The summed E-state index contributed by atoms with van der Waals surface area (Å²) >= 11 is 4.77. The fourth-order valence-electron chi connectivity index (χ4n) is 1.81. The van der Waals surface area contributed by atoms with Crippen LogP contribution in [-0.4, -0.2) is 63.6 Å². The molecule has 0 aliphatic rings.